The Balaban J connectivity index is 2.09. The molecule has 0 spiro atoms. The maximum Gasteiger partial charge on any atom is 0.261 e. The molecule has 4 nitrogen and oxygen atoms in total. The van der Waals surface area contributed by atoms with Crippen molar-refractivity contribution in [3.63, 3.8) is 0 Å². The van der Waals surface area contributed by atoms with Crippen LogP contribution in [0.2, 0.25) is 5.04 Å². The van der Waals surface area contributed by atoms with E-state index in [2.05, 4.69) is 69.3 Å². The fraction of sp³-hybridized carbons (Fsp3) is 0.455. The molecule has 3 rings (SSSR count). The number of hydrogen-bond donors (Lipinski definition) is 2. The van der Waals surface area contributed by atoms with Crippen LogP contribution in [0, 0.1) is 0 Å². The highest BCUT2D eigenvalue weighted by Gasteiger charge is 2.52. The maximum atomic E-state index is 10.1. The van der Waals surface area contributed by atoms with E-state index in [1.54, 1.807) is 0 Å². The van der Waals surface area contributed by atoms with Gasteiger partial charge in [-0.3, -0.25) is 0 Å². The van der Waals surface area contributed by atoms with Gasteiger partial charge in [-0.15, -0.1) is 0 Å². The first-order valence-electron chi connectivity index (χ1n) is 9.60. The summed E-state index contributed by atoms with van der Waals surface area (Å²) in [4.78, 5) is 0. The molecule has 2 aromatic carbocycles. The molecule has 146 valence electrons. The Morgan fingerprint density at radius 1 is 0.963 bits per heavy atom. The first kappa shape index (κ1) is 20.2. The molecule has 0 amide bonds. The molecule has 0 radical (unpaired) electrons. The van der Waals surface area contributed by atoms with Crippen LogP contribution in [-0.4, -0.2) is 43.6 Å². The van der Waals surface area contributed by atoms with E-state index in [0.717, 1.165) is 0 Å². The van der Waals surface area contributed by atoms with Crippen molar-refractivity contribution in [1.29, 1.82) is 0 Å². The molecule has 0 saturated carbocycles. The molecular weight excluding hydrogens is 356 g/mol. The normalized spacial score (nSPS) is 24.0. The lowest BCUT2D eigenvalue weighted by Crippen LogP contribution is -2.68. The Hall–Kier alpha value is -1.50. The minimum atomic E-state index is -2.66. The van der Waals surface area contributed by atoms with Crippen molar-refractivity contribution in [3.05, 3.63) is 60.7 Å². The fourth-order valence-electron chi connectivity index (χ4n) is 4.10. The molecule has 1 saturated heterocycles. The van der Waals surface area contributed by atoms with Crippen LogP contribution in [0.4, 0.5) is 0 Å². The molecular formula is C22H30O4Si. The zero-order valence-corrected chi connectivity index (χ0v) is 17.3. The van der Waals surface area contributed by atoms with E-state index in [4.69, 9.17) is 9.16 Å². The number of ether oxygens (including phenoxy) is 1. The van der Waals surface area contributed by atoms with Crippen molar-refractivity contribution in [2.75, 3.05) is 6.61 Å². The summed E-state index contributed by atoms with van der Waals surface area (Å²) in [5, 5.41) is 22.0. The number of aliphatic hydroxyl groups is 2. The van der Waals surface area contributed by atoms with E-state index in [0.29, 0.717) is 12.8 Å². The lowest BCUT2D eigenvalue weighted by molar-refractivity contribution is -0.194. The van der Waals surface area contributed by atoms with Crippen molar-refractivity contribution in [2.24, 2.45) is 0 Å². The SMILES string of the molecule is CC(C)(C)[Si](O[C@@H]1C[C@@H](CO)O[C@@H](O)C1)(c1ccccc1)c1ccccc1. The molecule has 5 heteroatoms. The van der Waals surface area contributed by atoms with Gasteiger partial charge in [0, 0.05) is 12.8 Å². The van der Waals surface area contributed by atoms with Crippen LogP contribution in [0.25, 0.3) is 0 Å². The highest BCUT2D eigenvalue weighted by molar-refractivity contribution is 6.99. The van der Waals surface area contributed by atoms with E-state index in [9.17, 15) is 10.2 Å². The highest BCUT2D eigenvalue weighted by atomic mass is 28.4. The Bertz CT molecular complexity index is 675. The minimum absolute atomic E-state index is 0.113. The molecule has 2 N–H and O–H groups in total. The second-order valence-corrected chi connectivity index (χ2v) is 12.5. The monoisotopic (exact) mass is 386 g/mol. The first-order chi connectivity index (χ1) is 12.9. The van der Waals surface area contributed by atoms with E-state index in [-0.39, 0.29) is 17.7 Å². The number of rotatable bonds is 5. The summed E-state index contributed by atoms with van der Waals surface area (Å²) < 4.78 is 12.4. The zero-order chi connectivity index (χ0) is 19.5. The summed E-state index contributed by atoms with van der Waals surface area (Å²) in [7, 11) is -2.66. The summed E-state index contributed by atoms with van der Waals surface area (Å²) in [6, 6.07) is 20.9. The van der Waals surface area contributed by atoms with Gasteiger partial charge in [0.25, 0.3) is 8.32 Å². The molecule has 0 unspecified atom stereocenters. The molecule has 0 aromatic heterocycles. The van der Waals surface area contributed by atoms with Crippen molar-refractivity contribution in [3.8, 4) is 0 Å². The van der Waals surface area contributed by atoms with E-state index in [1.807, 2.05) is 12.1 Å². The Morgan fingerprint density at radius 2 is 1.48 bits per heavy atom. The van der Waals surface area contributed by atoms with Crippen LogP contribution >= 0.6 is 0 Å². The second-order valence-electron chi connectivity index (χ2n) is 8.27. The zero-order valence-electron chi connectivity index (χ0n) is 16.3. The minimum Gasteiger partial charge on any atom is -0.404 e. The van der Waals surface area contributed by atoms with Crippen molar-refractivity contribution >= 4 is 18.7 Å². The van der Waals surface area contributed by atoms with Crippen LogP contribution in [-0.2, 0) is 9.16 Å². The Morgan fingerprint density at radius 3 is 1.93 bits per heavy atom. The van der Waals surface area contributed by atoms with E-state index < -0.39 is 20.7 Å². The van der Waals surface area contributed by atoms with Crippen LogP contribution in [0.3, 0.4) is 0 Å². The quantitative estimate of drug-likeness (QED) is 0.775. The average Bonchev–Trinajstić information content (AvgIpc) is 2.66. The third kappa shape index (κ3) is 4.17. The number of aliphatic hydroxyl groups excluding tert-OH is 2. The van der Waals surface area contributed by atoms with Crippen molar-refractivity contribution in [2.45, 2.75) is 57.1 Å². The van der Waals surface area contributed by atoms with Gasteiger partial charge in [-0.1, -0.05) is 81.4 Å². The largest absolute Gasteiger partial charge is 0.404 e. The molecule has 1 fully saturated rings. The van der Waals surface area contributed by atoms with Gasteiger partial charge >= 0.3 is 0 Å². The Kier molecular flexibility index (Phi) is 6.18. The fourth-order valence-corrected chi connectivity index (χ4v) is 8.81. The second kappa shape index (κ2) is 8.25. The van der Waals surface area contributed by atoms with Crippen molar-refractivity contribution in [1.82, 2.24) is 0 Å². The van der Waals surface area contributed by atoms with Gasteiger partial charge in [0.15, 0.2) is 6.29 Å². The third-order valence-corrected chi connectivity index (χ3v) is 10.4. The van der Waals surface area contributed by atoms with Crippen LogP contribution < -0.4 is 10.4 Å². The van der Waals surface area contributed by atoms with Gasteiger partial charge in [0.05, 0.1) is 18.8 Å². The molecule has 1 aliphatic rings. The van der Waals surface area contributed by atoms with Crippen molar-refractivity contribution < 1.29 is 19.4 Å². The topological polar surface area (TPSA) is 58.9 Å². The van der Waals surface area contributed by atoms with Gasteiger partial charge in [-0.25, -0.2) is 0 Å². The van der Waals surface area contributed by atoms with E-state index in [1.165, 1.54) is 10.4 Å². The molecule has 1 heterocycles. The predicted octanol–water partition coefficient (Wildman–Crippen LogP) is 2.42. The number of hydrogen-bond acceptors (Lipinski definition) is 4. The van der Waals surface area contributed by atoms with Crippen LogP contribution in [0.1, 0.15) is 33.6 Å². The van der Waals surface area contributed by atoms with Gasteiger partial charge < -0.3 is 19.4 Å². The molecule has 1 aliphatic heterocycles. The summed E-state index contributed by atoms with van der Waals surface area (Å²) in [6.45, 7) is 6.59. The van der Waals surface area contributed by atoms with E-state index >= 15 is 0 Å². The highest BCUT2D eigenvalue weighted by Crippen LogP contribution is 2.39. The standard InChI is InChI=1S/C22H30O4Si/c1-22(2,3)27(19-10-6-4-7-11-19,20-12-8-5-9-13-20)26-17-14-18(16-23)25-21(24)15-17/h4-13,17-18,21,23-24H,14-16H2,1-3H3/t17-,18+,21-/m1/s1. The lowest BCUT2D eigenvalue weighted by atomic mass is 10.1. The van der Waals surface area contributed by atoms with Gasteiger partial charge in [-0.2, -0.15) is 0 Å². The Labute approximate surface area is 162 Å². The molecule has 2 aromatic rings. The summed E-state index contributed by atoms with van der Waals surface area (Å²) in [6.07, 6.45) is -0.465. The summed E-state index contributed by atoms with van der Waals surface area (Å²) in [5.74, 6) is 0. The predicted molar refractivity (Wildman–Crippen MR) is 110 cm³/mol. The van der Waals surface area contributed by atoms with Crippen LogP contribution in [0.5, 0.6) is 0 Å². The summed E-state index contributed by atoms with van der Waals surface area (Å²) in [5.41, 5.74) is 0. The molecule has 27 heavy (non-hydrogen) atoms. The molecule has 0 aliphatic carbocycles. The summed E-state index contributed by atoms with van der Waals surface area (Å²) >= 11 is 0. The van der Waals surface area contributed by atoms with Gasteiger partial charge in [-0.05, 0) is 15.4 Å². The molecule has 0 bridgehead atoms. The smallest absolute Gasteiger partial charge is 0.261 e. The number of benzene rings is 2. The first-order valence-corrected chi connectivity index (χ1v) is 11.5. The third-order valence-electron chi connectivity index (χ3n) is 5.30. The van der Waals surface area contributed by atoms with Gasteiger partial charge in [0.1, 0.15) is 0 Å². The van der Waals surface area contributed by atoms with Gasteiger partial charge in [0.2, 0.25) is 0 Å². The molecule has 3 atom stereocenters. The lowest BCUT2D eigenvalue weighted by Gasteiger charge is -2.46. The maximum absolute atomic E-state index is 10.1. The van der Waals surface area contributed by atoms with Crippen LogP contribution in [0.15, 0.2) is 60.7 Å². The average molecular weight is 387 g/mol.